The molecule has 1 fully saturated rings. The number of benzene rings is 2. The Labute approximate surface area is 234 Å². The van der Waals surface area contributed by atoms with Crippen LogP contribution in [0, 0.1) is 0 Å². The van der Waals surface area contributed by atoms with Crippen LogP contribution in [0.4, 0.5) is 10.1 Å². The number of aromatic carboxylic acids is 1. The van der Waals surface area contributed by atoms with E-state index >= 15 is 0 Å². The number of carbonyl (C=O) groups excluding carboxylic acids is 2. The Balaban J connectivity index is 1.22. The summed E-state index contributed by atoms with van der Waals surface area (Å²) < 4.78 is 21.8. The van der Waals surface area contributed by atoms with Crippen LogP contribution in [0.5, 0.6) is 5.88 Å². The first-order chi connectivity index (χ1) is 19.2. The van der Waals surface area contributed by atoms with Crippen molar-refractivity contribution in [2.24, 2.45) is 7.05 Å². The van der Waals surface area contributed by atoms with Gasteiger partial charge in [0.1, 0.15) is 12.8 Å². The van der Waals surface area contributed by atoms with Gasteiger partial charge in [-0.15, -0.1) is 0 Å². The molecule has 4 aromatic rings. The summed E-state index contributed by atoms with van der Waals surface area (Å²) in [7, 11) is 1.87. The number of alkyl halides is 1. The summed E-state index contributed by atoms with van der Waals surface area (Å²) in [6.07, 6.45) is 1.86. The summed E-state index contributed by atoms with van der Waals surface area (Å²) >= 11 is 6.46. The second-order valence-electron chi connectivity index (χ2n) is 9.65. The van der Waals surface area contributed by atoms with Crippen molar-refractivity contribution in [2.75, 3.05) is 18.5 Å². The largest absolute Gasteiger partial charge is 0.478 e. The number of nitrogens with one attached hydrogen (secondary N) is 1. The van der Waals surface area contributed by atoms with Crippen molar-refractivity contribution in [3.63, 3.8) is 0 Å². The topological polar surface area (TPSA) is 114 Å². The fourth-order valence-corrected chi connectivity index (χ4v) is 5.11. The van der Waals surface area contributed by atoms with Crippen LogP contribution < -0.4 is 10.1 Å². The Bertz CT molecular complexity index is 1590. The Morgan fingerprint density at radius 2 is 1.98 bits per heavy atom. The van der Waals surface area contributed by atoms with Crippen molar-refractivity contribution in [3.8, 4) is 5.88 Å². The molecule has 1 aliphatic rings. The third-order valence-electron chi connectivity index (χ3n) is 6.87. The quantitative estimate of drug-likeness (QED) is 0.320. The predicted molar refractivity (Wildman–Crippen MR) is 148 cm³/mol. The Kier molecular flexibility index (Phi) is 7.70. The molecule has 1 aliphatic heterocycles. The number of para-hydroxylation sites is 1. The molecule has 5 rings (SSSR count). The van der Waals surface area contributed by atoms with Crippen molar-refractivity contribution < 1.29 is 28.6 Å². The van der Waals surface area contributed by atoms with E-state index in [1.807, 2.05) is 35.9 Å². The summed E-state index contributed by atoms with van der Waals surface area (Å²) in [6, 6.07) is 14.8. The lowest BCUT2D eigenvalue weighted by molar-refractivity contribution is -0.132. The average Bonchev–Trinajstić information content (AvgIpc) is 3.48. The van der Waals surface area contributed by atoms with Crippen LogP contribution in [0.15, 0.2) is 67.0 Å². The first-order valence-electron chi connectivity index (χ1n) is 12.6. The molecule has 0 aliphatic carbocycles. The predicted octanol–water partition coefficient (Wildman–Crippen LogP) is 4.74. The number of amides is 2. The molecule has 9 nitrogen and oxygen atoms in total. The smallest absolute Gasteiger partial charge is 0.337 e. The van der Waals surface area contributed by atoms with Crippen LogP contribution in [0.25, 0.3) is 10.9 Å². The number of pyridine rings is 1. The maximum atomic E-state index is 14.3. The minimum atomic E-state index is -1.19. The number of aromatic nitrogens is 2. The fourth-order valence-electron chi connectivity index (χ4n) is 4.86. The molecule has 0 bridgehead atoms. The summed E-state index contributed by atoms with van der Waals surface area (Å²) in [5.74, 6) is -1.50. The molecule has 2 amide bonds. The van der Waals surface area contributed by atoms with E-state index in [4.69, 9.17) is 21.4 Å². The van der Waals surface area contributed by atoms with E-state index in [-0.39, 0.29) is 54.3 Å². The van der Waals surface area contributed by atoms with Gasteiger partial charge in [0.05, 0.1) is 40.8 Å². The van der Waals surface area contributed by atoms with Gasteiger partial charge < -0.3 is 24.6 Å². The van der Waals surface area contributed by atoms with Crippen LogP contribution in [0.3, 0.4) is 0 Å². The van der Waals surface area contributed by atoms with Gasteiger partial charge in [-0.3, -0.25) is 9.59 Å². The molecule has 2 atom stereocenters. The standard InChI is InChI=1S/C29H26ClFN4O5/c1-34-15-22(21-4-2-3-5-25(21)34)28(37)33-24-8-6-17(10-23(24)30)11-27(36)35-14-19(31)12-20(35)16-40-26-9-7-18(13-32-26)29(38)39/h2-10,13,15,19-20H,11-12,14,16H2,1H3,(H,33,37)(H,38,39)/t19-,20-/m0/s1. The number of carbonyl (C=O) groups is 3. The van der Waals surface area contributed by atoms with Gasteiger partial charge >= 0.3 is 5.97 Å². The number of aryl methyl sites for hydroxylation is 1. The number of carboxylic acids is 1. The highest BCUT2D eigenvalue weighted by Gasteiger charge is 2.35. The van der Waals surface area contributed by atoms with E-state index in [1.165, 1.54) is 23.2 Å². The van der Waals surface area contributed by atoms with Gasteiger partial charge in [0, 0.05) is 42.8 Å². The molecule has 206 valence electrons. The average molecular weight is 565 g/mol. The zero-order valence-electron chi connectivity index (χ0n) is 21.5. The molecule has 1 saturated heterocycles. The Morgan fingerprint density at radius 1 is 1.18 bits per heavy atom. The normalized spacial score (nSPS) is 16.7. The van der Waals surface area contributed by atoms with E-state index in [9.17, 15) is 18.8 Å². The highest BCUT2D eigenvalue weighted by Crippen LogP contribution is 2.28. The van der Waals surface area contributed by atoms with Crippen molar-refractivity contribution in [1.29, 1.82) is 0 Å². The first kappa shape index (κ1) is 27.1. The monoisotopic (exact) mass is 564 g/mol. The van der Waals surface area contributed by atoms with E-state index in [1.54, 1.807) is 24.4 Å². The molecule has 2 N–H and O–H groups in total. The van der Waals surface area contributed by atoms with Gasteiger partial charge in [0.15, 0.2) is 0 Å². The lowest BCUT2D eigenvalue weighted by Crippen LogP contribution is -2.40. The molecule has 3 heterocycles. The van der Waals surface area contributed by atoms with Crippen molar-refractivity contribution in [1.82, 2.24) is 14.5 Å². The van der Waals surface area contributed by atoms with Crippen LogP contribution in [0.1, 0.15) is 32.7 Å². The van der Waals surface area contributed by atoms with Crippen LogP contribution in [-0.2, 0) is 18.3 Å². The second-order valence-corrected chi connectivity index (χ2v) is 10.1. The number of hydrogen-bond acceptors (Lipinski definition) is 5. The number of hydrogen-bond donors (Lipinski definition) is 2. The number of halogens is 2. The van der Waals surface area contributed by atoms with E-state index in [0.717, 1.165) is 10.9 Å². The van der Waals surface area contributed by atoms with Crippen molar-refractivity contribution >= 4 is 46.0 Å². The Morgan fingerprint density at radius 3 is 2.70 bits per heavy atom. The summed E-state index contributed by atoms with van der Waals surface area (Å²) in [5, 5.41) is 12.9. The van der Waals surface area contributed by atoms with Gasteiger partial charge in [0.2, 0.25) is 11.8 Å². The van der Waals surface area contributed by atoms with Gasteiger partial charge in [0.25, 0.3) is 5.91 Å². The minimum Gasteiger partial charge on any atom is -0.478 e. The molecular formula is C29H26ClFN4O5. The summed E-state index contributed by atoms with van der Waals surface area (Å²) in [6.45, 7) is -0.0311. The first-order valence-corrected chi connectivity index (χ1v) is 13.0. The molecule has 0 radical (unpaired) electrons. The number of anilines is 1. The number of likely N-dealkylation sites (tertiary alicyclic amines) is 1. The third-order valence-corrected chi connectivity index (χ3v) is 7.18. The second kappa shape index (κ2) is 11.4. The SMILES string of the molecule is Cn1cc(C(=O)Nc2ccc(CC(=O)N3C[C@@H](F)C[C@H]3COc3ccc(C(=O)O)cn3)cc2Cl)c2ccccc21. The lowest BCUT2D eigenvalue weighted by Gasteiger charge is -2.24. The number of nitrogens with zero attached hydrogens (tertiary/aromatic N) is 3. The maximum Gasteiger partial charge on any atom is 0.337 e. The molecule has 0 unspecified atom stereocenters. The number of ether oxygens (including phenoxy) is 1. The summed E-state index contributed by atoms with van der Waals surface area (Å²) in [4.78, 5) is 42.4. The van der Waals surface area contributed by atoms with Crippen LogP contribution >= 0.6 is 11.6 Å². The van der Waals surface area contributed by atoms with E-state index < -0.39 is 18.2 Å². The van der Waals surface area contributed by atoms with Gasteiger partial charge in [-0.05, 0) is 29.8 Å². The molecule has 0 saturated carbocycles. The highest BCUT2D eigenvalue weighted by atomic mass is 35.5. The van der Waals surface area contributed by atoms with Crippen LogP contribution in [-0.4, -0.2) is 62.7 Å². The Hall–Kier alpha value is -4.44. The minimum absolute atomic E-state index is 0.00789. The molecule has 2 aromatic carbocycles. The number of fused-ring (bicyclic) bond motifs is 1. The molecule has 40 heavy (non-hydrogen) atoms. The highest BCUT2D eigenvalue weighted by molar-refractivity contribution is 6.34. The van der Waals surface area contributed by atoms with E-state index in [2.05, 4.69) is 10.3 Å². The summed E-state index contributed by atoms with van der Waals surface area (Å²) in [5.41, 5.74) is 2.50. The van der Waals surface area contributed by atoms with Gasteiger partial charge in [-0.1, -0.05) is 35.9 Å². The number of rotatable bonds is 8. The van der Waals surface area contributed by atoms with Gasteiger partial charge in [-0.25, -0.2) is 14.2 Å². The molecule has 11 heteroatoms. The van der Waals surface area contributed by atoms with E-state index in [0.29, 0.717) is 16.8 Å². The van der Waals surface area contributed by atoms with Crippen molar-refractivity contribution in [2.45, 2.75) is 25.1 Å². The molecular weight excluding hydrogens is 539 g/mol. The van der Waals surface area contributed by atoms with Crippen molar-refractivity contribution in [3.05, 3.63) is 88.7 Å². The third kappa shape index (κ3) is 5.76. The fraction of sp³-hybridized carbons (Fsp3) is 0.241. The molecule has 2 aromatic heterocycles. The van der Waals surface area contributed by atoms with Gasteiger partial charge in [-0.2, -0.15) is 0 Å². The molecule has 0 spiro atoms. The maximum absolute atomic E-state index is 14.3. The lowest BCUT2D eigenvalue weighted by atomic mass is 10.1. The van der Waals surface area contributed by atoms with Crippen LogP contribution in [0.2, 0.25) is 5.02 Å². The zero-order chi connectivity index (χ0) is 28.4. The zero-order valence-corrected chi connectivity index (χ0v) is 22.3. The number of carboxylic acid groups (broad SMARTS) is 1.